The van der Waals surface area contributed by atoms with Crippen LogP contribution in [0.25, 0.3) is 21.9 Å². The van der Waals surface area contributed by atoms with Gasteiger partial charge in [-0.1, -0.05) is 53.5 Å². The zero-order chi connectivity index (χ0) is 21.8. The maximum atomic E-state index is 13.7. The molecule has 3 heterocycles. The number of aromatic amines is 1. The van der Waals surface area contributed by atoms with Gasteiger partial charge >= 0.3 is 0 Å². The Hall–Kier alpha value is -3.21. The fraction of sp³-hybridized carbons (Fsp3) is 0.115. The lowest BCUT2D eigenvalue weighted by Crippen LogP contribution is -2.40. The minimum atomic E-state index is -0.271. The van der Waals surface area contributed by atoms with Crippen LogP contribution in [0.4, 0.5) is 0 Å². The monoisotopic (exact) mass is 460 g/mol. The molecule has 1 N–H and O–H groups in total. The lowest BCUT2D eigenvalue weighted by molar-refractivity contribution is 0.0662. The summed E-state index contributed by atoms with van der Waals surface area (Å²) in [5, 5.41) is 3.28. The number of carbonyl (C=O) groups is 1. The van der Waals surface area contributed by atoms with Crippen LogP contribution in [0.2, 0.25) is 10.0 Å². The molecule has 1 atom stereocenters. The lowest BCUT2D eigenvalue weighted by Gasteiger charge is -2.35. The number of halogens is 2. The topological polar surface area (TPSA) is 49.2 Å². The summed E-state index contributed by atoms with van der Waals surface area (Å²) in [6.45, 7) is 0.582. The standard InChI is InChI=1S/C26H18Cl2N2O2/c27-17-7-5-15(6-8-17)25-24-20(19-3-1-2-4-21(19)29-24)11-12-30(25)26(31)23-14-16-13-18(28)9-10-22(16)32-23/h1-10,13-14,25,29H,11-12H2/t25-/m1/s1. The highest BCUT2D eigenvalue weighted by atomic mass is 35.5. The van der Waals surface area contributed by atoms with E-state index in [0.29, 0.717) is 27.9 Å². The molecule has 3 aromatic carbocycles. The molecule has 5 aromatic rings. The van der Waals surface area contributed by atoms with Gasteiger partial charge in [-0.15, -0.1) is 0 Å². The van der Waals surface area contributed by atoms with E-state index >= 15 is 0 Å². The number of amides is 1. The number of furan rings is 1. The van der Waals surface area contributed by atoms with Gasteiger partial charge in [-0.25, -0.2) is 0 Å². The summed E-state index contributed by atoms with van der Waals surface area (Å²) >= 11 is 12.3. The predicted molar refractivity (Wildman–Crippen MR) is 128 cm³/mol. The third-order valence-corrected chi connectivity index (χ3v) is 6.66. The highest BCUT2D eigenvalue weighted by Crippen LogP contribution is 2.39. The maximum absolute atomic E-state index is 13.7. The van der Waals surface area contributed by atoms with E-state index in [9.17, 15) is 4.79 Å². The Morgan fingerprint density at radius 3 is 2.59 bits per heavy atom. The third kappa shape index (κ3) is 3.10. The Morgan fingerprint density at radius 2 is 1.75 bits per heavy atom. The Morgan fingerprint density at radius 1 is 0.969 bits per heavy atom. The molecule has 0 radical (unpaired) electrons. The third-order valence-electron chi connectivity index (χ3n) is 6.17. The number of nitrogens with one attached hydrogen (secondary N) is 1. The van der Waals surface area contributed by atoms with Gasteiger partial charge in [0.05, 0.1) is 6.04 Å². The van der Waals surface area contributed by atoms with Gasteiger partial charge in [0.25, 0.3) is 5.91 Å². The Bertz CT molecular complexity index is 1480. The fourth-order valence-corrected chi connectivity index (χ4v) is 5.02. The van der Waals surface area contributed by atoms with Gasteiger partial charge in [0.1, 0.15) is 5.58 Å². The van der Waals surface area contributed by atoms with Gasteiger partial charge < -0.3 is 14.3 Å². The fourth-order valence-electron chi connectivity index (χ4n) is 4.71. The number of fused-ring (bicyclic) bond motifs is 4. The van der Waals surface area contributed by atoms with E-state index < -0.39 is 0 Å². The number of para-hydroxylation sites is 1. The molecule has 2 aromatic heterocycles. The van der Waals surface area contributed by atoms with Crippen LogP contribution in [0.3, 0.4) is 0 Å². The summed E-state index contributed by atoms with van der Waals surface area (Å²) in [7, 11) is 0. The first-order chi connectivity index (χ1) is 15.6. The van der Waals surface area contributed by atoms with E-state index in [0.717, 1.165) is 28.6 Å². The minimum absolute atomic E-state index is 0.151. The van der Waals surface area contributed by atoms with Crippen LogP contribution in [-0.2, 0) is 6.42 Å². The van der Waals surface area contributed by atoms with Crippen molar-refractivity contribution in [2.75, 3.05) is 6.54 Å². The Balaban J connectivity index is 1.49. The van der Waals surface area contributed by atoms with Crippen LogP contribution < -0.4 is 0 Å². The number of hydrogen-bond donors (Lipinski definition) is 1. The van der Waals surface area contributed by atoms with Crippen molar-refractivity contribution in [3.8, 4) is 0 Å². The van der Waals surface area contributed by atoms with Gasteiger partial charge in [-0.05, 0) is 60.0 Å². The summed E-state index contributed by atoms with van der Waals surface area (Å²) in [6.07, 6.45) is 0.765. The first kappa shape index (κ1) is 19.5. The molecule has 1 aliphatic heterocycles. The van der Waals surface area contributed by atoms with E-state index in [2.05, 4.69) is 17.1 Å². The van der Waals surface area contributed by atoms with Crippen molar-refractivity contribution in [2.45, 2.75) is 12.5 Å². The quantitative estimate of drug-likeness (QED) is 0.308. The number of nitrogens with zero attached hydrogens (tertiary/aromatic N) is 1. The summed E-state index contributed by atoms with van der Waals surface area (Å²) in [5.41, 5.74) is 5.00. The van der Waals surface area contributed by atoms with E-state index in [-0.39, 0.29) is 11.9 Å². The number of benzene rings is 3. The second-order valence-electron chi connectivity index (χ2n) is 8.06. The van der Waals surface area contributed by atoms with Crippen molar-refractivity contribution in [1.29, 1.82) is 0 Å². The lowest BCUT2D eigenvalue weighted by atomic mass is 9.92. The van der Waals surface area contributed by atoms with Crippen molar-refractivity contribution >= 4 is 51.0 Å². The van der Waals surface area contributed by atoms with Crippen molar-refractivity contribution in [1.82, 2.24) is 9.88 Å². The van der Waals surface area contributed by atoms with Gasteiger partial charge in [0, 0.05) is 38.6 Å². The zero-order valence-corrected chi connectivity index (χ0v) is 18.5. The van der Waals surface area contributed by atoms with Gasteiger partial charge in [0.2, 0.25) is 0 Å². The van der Waals surface area contributed by atoms with Crippen LogP contribution in [0.1, 0.15) is 33.4 Å². The Kier molecular flexibility index (Phi) is 4.53. The molecule has 0 saturated carbocycles. The summed E-state index contributed by atoms with van der Waals surface area (Å²) in [4.78, 5) is 19.1. The van der Waals surface area contributed by atoms with Crippen LogP contribution in [-0.4, -0.2) is 22.3 Å². The van der Waals surface area contributed by atoms with Gasteiger partial charge in [-0.3, -0.25) is 4.79 Å². The van der Waals surface area contributed by atoms with E-state index in [1.807, 2.05) is 41.3 Å². The van der Waals surface area contributed by atoms with Gasteiger partial charge in [0.15, 0.2) is 5.76 Å². The SMILES string of the molecule is O=C(c1cc2cc(Cl)ccc2o1)N1CCc2c([nH]c3ccccc23)[C@H]1c1ccc(Cl)cc1. The second-order valence-corrected chi connectivity index (χ2v) is 8.93. The number of hydrogen-bond acceptors (Lipinski definition) is 2. The molecule has 4 nitrogen and oxygen atoms in total. The molecule has 1 aliphatic rings. The molecule has 0 saturated heterocycles. The highest BCUT2D eigenvalue weighted by molar-refractivity contribution is 6.31. The molecule has 6 rings (SSSR count). The van der Waals surface area contributed by atoms with Crippen molar-refractivity contribution < 1.29 is 9.21 Å². The predicted octanol–water partition coefficient (Wildman–Crippen LogP) is 7.01. The number of carbonyl (C=O) groups excluding carboxylic acids is 1. The second kappa shape index (κ2) is 7.44. The van der Waals surface area contributed by atoms with Gasteiger partial charge in [-0.2, -0.15) is 0 Å². The van der Waals surface area contributed by atoms with Crippen LogP contribution in [0.5, 0.6) is 0 Å². The van der Waals surface area contributed by atoms with Crippen LogP contribution in [0, 0.1) is 0 Å². The molecule has 32 heavy (non-hydrogen) atoms. The van der Waals surface area contributed by atoms with Crippen molar-refractivity contribution in [2.24, 2.45) is 0 Å². The van der Waals surface area contributed by atoms with Crippen molar-refractivity contribution in [3.05, 3.63) is 105 Å². The molecule has 0 spiro atoms. The molecular weight excluding hydrogens is 443 g/mol. The molecule has 0 unspecified atom stereocenters. The first-order valence-corrected chi connectivity index (χ1v) is 11.2. The first-order valence-electron chi connectivity index (χ1n) is 10.4. The molecule has 6 heteroatoms. The minimum Gasteiger partial charge on any atom is -0.451 e. The molecule has 158 valence electrons. The number of H-pyrrole nitrogens is 1. The molecule has 1 amide bonds. The average Bonchev–Trinajstić information content (AvgIpc) is 3.39. The summed E-state index contributed by atoms with van der Waals surface area (Å²) in [6, 6.07) is 22.8. The largest absolute Gasteiger partial charge is 0.451 e. The normalized spacial score (nSPS) is 15.9. The van der Waals surface area contributed by atoms with E-state index in [1.165, 1.54) is 10.9 Å². The zero-order valence-electron chi connectivity index (χ0n) is 16.9. The van der Waals surface area contributed by atoms with Crippen LogP contribution in [0.15, 0.2) is 77.2 Å². The van der Waals surface area contributed by atoms with Crippen molar-refractivity contribution in [3.63, 3.8) is 0 Å². The molecular formula is C26H18Cl2N2O2. The summed E-state index contributed by atoms with van der Waals surface area (Å²) < 4.78 is 5.91. The van der Waals surface area contributed by atoms with Crippen LogP contribution >= 0.6 is 23.2 Å². The number of aromatic nitrogens is 1. The molecule has 0 fully saturated rings. The maximum Gasteiger partial charge on any atom is 0.290 e. The molecule has 0 bridgehead atoms. The van der Waals surface area contributed by atoms with E-state index in [4.69, 9.17) is 27.6 Å². The highest BCUT2D eigenvalue weighted by Gasteiger charge is 2.36. The molecule has 0 aliphatic carbocycles. The smallest absolute Gasteiger partial charge is 0.290 e. The Labute approximate surface area is 194 Å². The summed E-state index contributed by atoms with van der Waals surface area (Å²) in [5.74, 6) is 0.155. The van der Waals surface area contributed by atoms with E-state index in [1.54, 1.807) is 24.3 Å². The number of rotatable bonds is 2. The average molecular weight is 461 g/mol.